The third kappa shape index (κ3) is 2.64. The van der Waals surface area contributed by atoms with Gasteiger partial charge in [0.05, 0.1) is 13.2 Å². The predicted octanol–water partition coefficient (Wildman–Crippen LogP) is 3.27. The van der Waals surface area contributed by atoms with Crippen LogP contribution >= 0.6 is 15.9 Å². The van der Waals surface area contributed by atoms with Crippen molar-refractivity contribution in [1.82, 2.24) is 0 Å². The van der Waals surface area contributed by atoms with E-state index in [9.17, 15) is 5.11 Å². The van der Waals surface area contributed by atoms with Gasteiger partial charge in [-0.05, 0) is 24.0 Å². The standard InChI is InChI=1S/C14H19BrO3/c1-9(2)13-10(4-5-16)11(15)8-12-14(13)18-7-3-6-17-12/h8-9,16H,3-7H2,1-2H3. The Morgan fingerprint density at radius 1 is 1.33 bits per heavy atom. The van der Waals surface area contributed by atoms with Crippen LogP contribution in [-0.2, 0) is 6.42 Å². The lowest BCUT2D eigenvalue weighted by Crippen LogP contribution is -2.06. The first-order valence-electron chi connectivity index (χ1n) is 6.37. The highest BCUT2D eigenvalue weighted by molar-refractivity contribution is 9.10. The molecule has 0 radical (unpaired) electrons. The number of ether oxygens (including phenoxy) is 2. The highest BCUT2D eigenvalue weighted by atomic mass is 79.9. The van der Waals surface area contributed by atoms with Crippen molar-refractivity contribution in [3.8, 4) is 11.5 Å². The second kappa shape index (κ2) is 5.93. The van der Waals surface area contributed by atoms with Gasteiger partial charge in [0, 0.05) is 23.1 Å². The van der Waals surface area contributed by atoms with Gasteiger partial charge in [-0.2, -0.15) is 0 Å². The van der Waals surface area contributed by atoms with Gasteiger partial charge >= 0.3 is 0 Å². The van der Waals surface area contributed by atoms with Crippen LogP contribution in [-0.4, -0.2) is 24.9 Å². The smallest absolute Gasteiger partial charge is 0.164 e. The number of aliphatic hydroxyl groups excluding tert-OH is 1. The van der Waals surface area contributed by atoms with E-state index in [-0.39, 0.29) is 6.61 Å². The van der Waals surface area contributed by atoms with E-state index in [1.54, 1.807) is 0 Å². The van der Waals surface area contributed by atoms with Gasteiger partial charge < -0.3 is 14.6 Å². The highest BCUT2D eigenvalue weighted by Crippen LogP contribution is 2.43. The fourth-order valence-corrected chi connectivity index (χ4v) is 2.93. The first-order valence-corrected chi connectivity index (χ1v) is 7.16. The van der Waals surface area contributed by atoms with Crippen molar-refractivity contribution in [2.45, 2.75) is 32.6 Å². The molecule has 0 spiro atoms. The summed E-state index contributed by atoms with van der Waals surface area (Å²) < 4.78 is 12.6. The Balaban J connectivity index is 2.58. The Kier molecular flexibility index (Phi) is 4.51. The van der Waals surface area contributed by atoms with Crippen molar-refractivity contribution in [3.05, 3.63) is 21.7 Å². The molecule has 0 amide bonds. The molecule has 18 heavy (non-hydrogen) atoms. The summed E-state index contributed by atoms with van der Waals surface area (Å²) in [7, 11) is 0. The second-order valence-electron chi connectivity index (χ2n) is 4.76. The molecule has 0 atom stereocenters. The lowest BCUT2D eigenvalue weighted by molar-refractivity contribution is 0.294. The van der Waals surface area contributed by atoms with Crippen LogP contribution in [0, 0.1) is 0 Å². The third-order valence-electron chi connectivity index (χ3n) is 3.07. The van der Waals surface area contributed by atoms with Crippen LogP contribution in [0.1, 0.15) is 37.3 Å². The molecule has 0 saturated heterocycles. The summed E-state index contributed by atoms with van der Waals surface area (Å²) in [5.41, 5.74) is 2.27. The minimum absolute atomic E-state index is 0.137. The van der Waals surface area contributed by atoms with Crippen molar-refractivity contribution in [2.24, 2.45) is 0 Å². The fourth-order valence-electron chi connectivity index (χ4n) is 2.31. The van der Waals surface area contributed by atoms with Gasteiger partial charge in [-0.1, -0.05) is 29.8 Å². The number of halogens is 1. The number of benzene rings is 1. The number of fused-ring (bicyclic) bond motifs is 1. The van der Waals surface area contributed by atoms with Crippen molar-refractivity contribution in [1.29, 1.82) is 0 Å². The van der Waals surface area contributed by atoms with Gasteiger partial charge in [-0.25, -0.2) is 0 Å². The molecule has 1 aliphatic rings. The van der Waals surface area contributed by atoms with E-state index in [2.05, 4.69) is 29.8 Å². The van der Waals surface area contributed by atoms with E-state index >= 15 is 0 Å². The van der Waals surface area contributed by atoms with Crippen LogP contribution < -0.4 is 9.47 Å². The molecule has 4 heteroatoms. The first kappa shape index (κ1) is 13.7. The fraction of sp³-hybridized carbons (Fsp3) is 0.571. The van der Waals surface area contributed by atoms with Gasteiger partial charge in [0.15, 0.2) is 11.5 Å². The molecular formula is C14H19BrO3. The third-order valence-corrected chi connectivity index (χ3v) is 3.78. The minimum atomic E-state index is 0.137. The van der Waals surface area contributed by atoms with Crippen molar-refractivity contribution < 1.29 is 14.6 Å². The second-order valence-corrected chi connectivity index (χ2v) is 5.61. The molecule has 1 aromatic carbocycles. The number of rotatable bonds is 3. The molecular weight excluding hydrogens is 296 g/mol. The zero-order valence-corrected chi connectivity index (χ0v) is 12.4. The predicted molar refractivity (Wildman–Crippen MR) is 74.6 cm³/mol. The molecule has 0 unspecified atom stereocenters. The average molecular weight is 315 g/mol. The molecule has 0 aliphatic carbocycles. The molecule has 1 aromatic rings. The van der Waals surface area contributed by atoms with Gasteiger partial charge in [-0.3, -0.25) is 0 Å². The molecule has 0 bridgehead atoms. The van der Waals surface area contributed by atoms with Crippen LogP contribution in [0.2, 0.25) is 0 Å². The number of aliphatic hydroxyl groups is 1. The molecule has 0 fully saturated rings. The Hall–Kier alpha value is -0.740. The maximum Gasteiger partial charge on any atom is 0.164 e. The summed E-state index contributed by atoms with van der Waals surface area (Å²) in [5, 5.41) is 9.22. The molecule has 0 aromatic heterocycles. The lowest BCUT2D eigenvalue weighted by atomic mass is 9.94. The Labute approximate surface area is 116 Å². The van der Waals surface area contributed by atoms with Crippen molar-refractivity contribution in [3.63, 3.8) is 0 Å². The molecule has 1 aliphatic heterocycles. The maximum absolute atomic E-state index is 9.22. The zero-order valence-electron chi connectivity index (χ0n) is 10.8. The normalized spacial score (nSPS) is 14.7. The SMILES string of the molecule is CC(C)c1c(CCO)c(Br)cc2c1OCCCO2. The largest absolute Gasteiger partial charge is 0.490 e. The van der Waals surface area contributed by atoms with Crippen LogP contribution in [0.3, 0.4) is 0 Å². The summed E-state index contributed by atoms with van der Waals surface area (Å²) >= 11 is 3.57. The van der Waals surface area contributed by atoms with Gasteiger partial charge in [0.2, 0.25) is 0 Å². The zero-order chi connectivity index (χ0) is 13.1. The monoisotopic (exact) mass is 314 g/mol. The molecule has 2 rings (SSSR count). The van der Waals surface area contributed by atoms with E-state index in [0.717, 1.165) is 33.5 Å². The Bertz CT molecular complexity index is 430. The lowest BCUT2D eigenvalue weighted by Gasteiger charge is -2.20. The Morgan fingerprint density at radius 3 is 2.72 bits per heavy atom. The number of hydrogen-bond acceptors (Lipinski definition) is 3. The molecule has 100 valence electrons. The van der Waals surface area contributed by atoms with Gasteiger partial charge in [0.25, 0.3) is 0 Å². The molecule has 3 nitrogen and oxygen atoms in total. The average Bonchev–Trinajstić information content (AvgIpc) is 2.54. The summed E-state index contributed by atoms with van der Waals surface area (Å²) in [5.74, 6) is 2.00. The van der Waals surface area contributed by atoms with Crippen molar-refractivity contribution in [2.75, 3.05) is 19.8 Å². The van der Waals surface area contributed by atoms with Crippen LogP contribution in [0.25, 0.3) is 0 Å². The number of hydrogen-bond donors (Lipinski definition) is 1. The van der Waals surface area contributed by atoms with E-state index < -0.39 is 0 Å². The molecule has 1 N–H and O–H groups in total. The quantitative estimate of drug-likeness (QED) is 0.930. The van der Waals surface area contributed by atoms with E-state index in [0.29, 0.717) is 25.6 Å². The first-order chi connectivity index (χ1) is 8.65. The summed E-state index contributed by atoms with van der Waals surface area (Å²) in [4.78, 5) is 0. The van der Waals surface area contributed by atoms with Crippen molar-refractivity contribution >= 4 is 15.9 Å². The summed E-state index contributed by atoms with van der Waals surface area (Å²) in [6, 6.07) is 1.96. The van der Waals surface area contributed by atoms with Gasteiger partial charge in [0.1, 0.15) is 0 Å². The Morgan fingerprint density at radius 2 is 2.06 bits per heavy atom. The van der Waals surface area contributed by atoms with E-state index in [1.165, 1.54) is 0 Å². The summed E-state index contributed by atoms with van der Waals surface area (Å²) in [6.45, 7) is 5.79. The topological polar surface area (TPSA) is 38.7 Å². The molecule has 0 saturated carbocycles. The minimum Gasteiger partial charge on any atom is -0.490 e. The van der Waals surface area contributed by atoms with Crippen LogP contribution in [0.5, 0.6) is 11.5 Å². The van der Waals surface area contributed by atoms with Crippen LogP contribution in [0.15, 0.2) is 10.5 Å². The maximum atomic E-state index is 9.22. The highest BCUT2D eigenvalue weighted by Gasteiger charge is 2.22. The van der Waals surface area contributed by atoms with Gasteiger partial charge in [-0.15, -0.1) is 0 Å². The molecule has 1 heterocycles. The van der Waals surface area contributed by atoms with E-state index in [1.807, 2.05) is 6.07 Å². The van der Waals surface area contributed by atoms with E-state index in [4.69, 9.17) is 9.47 Å². The van der Waals surface area contributed by atoms with Crippen LogP contribution in [0.4, 0.5) is 0 Å². The summed E-state index contributed by atoms with van der Waals surface area (Å²) in [6.07, 6.45) is 1.53.